The molecule has 0 aliphatic carbocycles. The number of hydrogen-bond acceptors (Lipinski definition) is 3. The van der Waals surface area contributed by atoms with E-state index in [4.69, 9.17) is 0 Å². The molecule has 100 valence electrons. The summed E-state index contributed by atoms with van der Waals surface area (Å²) in [4.78, 5) is 2.31. The second-order valence-corrected chi connectivity index (χ2v) is 4.78. The molecule has 0 bridgehead atoms. The van der Waals surface area contributed by atoms with E-state index in [1.165, 1.54) is 6.07 Å². The van der Waals surface area contributed by atoms with Crippen LogP contribution in [0.1, 0.15) is 11.3 Å². The van der Waals surface area contributed by atoms with E-state index in [9.17, 15) is 4.39 Å². The summed E-state index contributed by atoms with van der Waals surface area (Å²) in [6.45, 7) is 3.94. The van der Waals surface area contributed by atoms with Crippen molar-refractivity contribution < 1.29 is 4.39 Å². The van der Waals surface area contributed by atoms with Crippen molar-refractivity contribution in [3.63, 3.8) is 0 Å². The van der Waals surface area contributed by atoms with Gasteiger partial charge in [-0.25, -0.2) is 4.39 Å². The Bertz CT molecular complexity index is 546. The predicted octanol–water partition coefficient (Wildman–Crippen LogP) is 1.55. The summed E-state index contributed by atoms with van der Waals surface area (Å²) in [7, 11) is 0. The van der Waals surface area contributed by atoms with E-state index < -0.39 is 0 Å². The van der Waals surface area contributed by atoms with Crippen LogP contribution >= 0.6 is 0 Å². The van der Waals surface area contributed by atoms with Crippen LogP contribution < -0.4 is 10.2 Å². The van der Waals surface area contributed by atoms with E-state index in [1.807, 2.05) is 12.3 Å². The summed E-state index contributed by atoms with van der Waals surface area (Å²) in [6, 6.07) is 6.72. The van der Waals surface area contributed by atoms with Gasteiger partial charge in [0.05, 0.1) is 17.6 Å². The van der Waals surface area contributed by atoms with Gasteiger partial charge in [-0.2, -0.15) is 5.10 Å². The van der Waals surface area contributed by atoms with Gasteiger partial charge >= 0.3 is 0 Å². The number of benzene rings is 1. The van der Waals surface area contributed by atoms with E-state index in [2.05, 4.69) is 20.4 Å². The molecule has 19 heavy (non-hydrogen) atoms. The van der Waals surface area contributed by atoms with Crippen LogP contribution in [-0.4, -0.2) is 36.4 Å². The molecule has 2 heterocycles. The Morgan fingerprint density at radius 3 is 2.89 bits per heavy atom. The minimum atomic E-state index is -0.194. The first-order valence-electron chi connectivity index (χ1n) is 6.55. The zero-order valence-corrected chi connectivity index (χ0v) is 10.7. The molecule has 2 N–H and O–H groups in total. The fourth-order valence-corrected chi connectivity index (χ4v) is 2.47. The Labute approximate surface area is 111 Å². The fraction of sp³-hybridized carbons (Fsp3) is 0.357. The smallest absolute Gasteiger partial charge is 0.123 e. The van der Waals surface area contributed by atoms with Gasteiger partial charge in [-0.1, -0.05) is 12.1 Å². The Hall–Kier alpha value is -1.88. The quantitative estimate of drug-likeness (QED) is 0.880. The van der Waals surface area contributed by atoms with Gasteiger partial charge < -0.3 is 10.2 Å². The van der Waals surface area contributed by atoms with Gasteiger partial charge in [0.25, 0.3) is 0 Å². The molecule has 0 unspecified atom stereocenters. The van der Waals surface area contributed by atoms with E-state index in [0.29, 0.717) is 6.42 Å². The molecule has 4 nitrogen and oxygen atoms in total. The summed E-state index contributed by atoms with van der Waals surface area (Å²) in [6.07, 6.45) is 2.54. The normalized spacial score (nSPS) is 15.7. The molecule has 1 aliphatic rings. The zero-order chi connectivity index (χ0) is 13.1. The second kappa shape index (κ2) is 5.40. The number of aromatic nitrogens is 2. The third-order valence-corrected chi connectivity index (χ3v) is 3.42. The Kier molecular flexibility index (Phi) is 3.46. The highest BCUT2D eigenvalue weighted by Gasteiger charge is 2.16. The molecule has 2 aromatic rings. The number of anilines is 1. The van der Waals surface area contributed by atoms with Gasteiger partial charge in [-0.05, 0) is 17.7 Å². The van der Waals surface area contributed by atoms with E-state index in [1.54, 1.807) is 12.1 Å². The minimum absolute atomic E-state index is 0.194. The van der Waals surface area contributed by atoms with Crippen molar-refractivity contribution in [1.82, 2.24) is 15.5 Å². The molecule has 1 fully saturated rings. The van der Waals surface area contributed by atoms with Crippen LogP contribution in [0.4, 0.5) is 10.1 Å². The fourth-order valence-electron chi connectivity index (χ4n) is 2.47. The lowest BCUT2D eigenvalue weighted by Gasteiger charge is -2.29. The number of nitrogens with one attached hydrogen (secondary N) is 2. The van der Waals surface area contributed by atoms with E-state index in [-0.39, 0.29) is 5.82 Å². The van der Waals surface area contributed by atoms with Crippen molar-refractivity contribution in [2.24, 2.45) is 0 Å². The van der Waals surface area contributed by atoms with Crippen LogP contribution in [0.3, 0.4) is 0 Å². The van der Waals surface area contributed by atoms with Gasteiger partial charge in [0.2, 0.25) is 0 Å². The zero-order valence-electron chi connectivity index (χ0n) is 10.7. The van der Waals surface area contributed by atoms with Crippen molar-refractivity contribution in [3.8, 4) is 0 Å². The number of piperazine rings is 1. The van der Waals surface area contributed by atoms with Crippen LogP contribution in [-0.2, 0) is 6.42 Å². The molecule has 0 amide bonds. The Morgan fingerprint density at radius 2 is 2.11 bits per heavy atom. The molecule has 1 aromatic heterocycles. The monoisotopic (exact) mass is 260 g/mol. The predicted molar refractivity (Wildman–Crippen MR) is 72.9 cm³/mol. The molecule has 1 saturated heterocycles. The minimum Gasteiger partial charge on any atom is -0.366 e. The van der Waals surface area contributed by atoms with E-state index in [0.717, 1.165) is 43.1 Å². The number of halogens is 1. The maximum Gasteiger partial charge on any atom is 0.123 e. The molecule has 1 aromatic carbocycles. The molecule has 0 saturated carbocycles. The molecule has 1 aliphatic heterocycles. The lowest BCUT2D eigenvalue weighted by atomic mass is 10.1. The molecule has 0 spiro atoms. The van der Waals surface area contributed by atoms with Crippen LogP contribution in [0.5, 0.6) is 0 Å². The maximum absolute atomic E-state index is 13.2. The average molecular weight is 260 g/mol. The first kappa shape index (κ1) is 12.2. The molecule has 0 radical (unpaired) electrons. The average Bonchev–Trinajstić information content (AvgIpc) is 2.88. The van der Waals surface area contributed by atoms with Gasteiger partial charge in [0, 0.05) is 32.6 Å². The Morgan fingerprint density at radius 1 is 1.26 bits per heavy atom. The van der Waals surface area contributed by atoms with Crippen LogP contribution in [0, 0.1) is 5.82 Å². The molecular weight excluding hydrogens is 243 g/mol. The standard InChI is InChI=1S/C14H17FN4/c15-12-3-1-2-11(8-12)9-13-14(10-17-18-13)19-6-4-16-5-7-19/h1-3,8,10,16H,4-7,9H2,(H,17,18). The lowest BCUT2D eigenvalue weighted by Crippen LogP contribution is -2.43. The molecular formula is C14H17FN4. The Balaban J connectivity index is 1.80. The maximum atomic E-state index is 13.2. The van der Waals surface area contributed by atoms with Crippen molar-refractivity contribution in [2.75, 3.05) is 31.1 Å². The van der Waals surface area contributed by atoms with Crippen LogP contribution in [0.25, 0.3) is 0 Å². The number of aromatic amines is 1. The first-order valence-corrected chi connectivity index (χ1v) is 6.55. The first-order chi connectivity index (χ1) is 9.33. The van der Waals surface area contributed by atoms with Crippen LogP contribution in [0.2, 0.25) is 0 Å². The SMILES string of the molecule is Fc1cccc(Cc2[nH]ncc2N2CCNCC2)c1. The summed E-state index contributed by atoms with van der Waals surface area (Å²) in [5.74, 6) is -0.194. The highest BCUT2D eigenvalue weighted by molar-refractivity contribution is 5.51. The molecule has 5 heteroatoms. The largest absolute Gasteiger partial charge is 0.366 e. The van der Waals surface area contributed by atoms with Crippen molar-refractivity contribution in [1.29, 1.82) is 0 Å². The number of rotatable bonds is 3. The summed E-state index contributed by atoms with van der Waals surface area (Å²) in [5, 5.41) is 10.5. The van der Waals surface area contributed by atoms with Gasteiger partial charge in [-0.15, -0.1) is 0 Å². The molecule has 3 rings (SSSR count). The summed E-state index contributed by atoms with van der Waals surface area (Å²) in [5.41, 5.74) is 3.14. The third kappa shape index (κ3) is 2.76. The van der Waals surface area contributed by atoms with Gasteiger partial charge in [0.1, 0.15) is 5.82 Å². The number of nitrogens with zero attached hydrogens (tertiary/aromatic N) is 2. The van der Waals surface area contributed by atoms with Gasteiger partial charge in [-0.3, -0.25) is 5.10 Å². The van der Waals surface area contributed by atoms with Gasteiger partial charge in [0.15, 0.2) is 0 Å². The van der Waals surface area contributed by atoms with Crippen LogP contribution in [0.15, 0.2) is 30.5 Å². The molecule has 0 atom stereocenters. The summed E-state index contributed by atoms with van der Waals surface area (Å²) >= 11 is 0. The highest BCUT2D eigenvalue weighted by Crippen LogP contribution is 2.21. The van der Waals surface area contributed by atoms with E-state index >= 15 is 0 Å². The topological polar surface area (TPSA) is 44.0 Å². The third-order valence-electron chi connectivity index (χ3n) is 3.42. The lowest BCUT2D eigenvalue weighted by molar-refractivity contribution is 0.588. The van der Waals surface area contributed by atoms with Crippen molar-refractivity contribution >= 4 is 5.69 Å². The second-order valence-electron chi connectivity index (χ2n) is 4.78. The summed E-state index contributed by atoms with van der Waals surface area (Å²) < 4.78 is 13.2. The van der Waals surface area contributed by atoms with Crippen molar-refractivity contribution in [2.45, 2.75) is 6.42 Å². The number of hydrogen-bond donors (Lipinski definition) is 2. The highest BCUT2D eigenvalue weighted by atomic mass is 19.1. The number of H-pyrrole nitrogens is 1. The van der Waals surface area contributed by atoms with Crippen molar-refractivity contribution in [3.05, 3.63) is 47.5 Å².